The molecule has 0 N–H and O–H groups in total. The van der Waals surface area contributed by atoms with E-state index in [0.29, 0.717) is 11.8 Å². The Morgan fingerprint density at radius 1 is 1.19 bits per heavy atom. The highest BCUT2D eigenvalue weighted by Crippen LogP contribution is 2.37. The minimum atomic E-state index is -0.134. The summed E-state index contributed by atoms with van der Waals surface area (Å²) in [6.45, 7) is 6.77. The van der Waals surface area contributed by atoms with Crippen LogP contribution in [0.2, 0.25) is 0 Å². The summed E-state index contributed by atoms with van der Waals surface area (Å²) >= 11 is 0. The third kappa shape index (κ3) is 3.28. The molecule has 1 aliphatic heterocycles. The van der Waals surface area contributed by atoms with Gasteiger partial charge in [0.1, 0.15) is 5.82 Å². The van der Waals surface area contributed by atoms with E-state index in [1.807, 2.05) is 12.1 Å². The molecule has 1 amide bonds. The summed E-state index contributed by atoms with van der Waals surface area (Å²) in [6.07, 6.45) is 7.59. The van der Waals surface area contributed by atoms with Crippen molar-refractivity contribution in [2.45, 2.75) is 71.3 Å². The Kier molecular flexibility index (Phi) is 5.25. The first-order valence-electron chi connectivity index (χ1n) is 10.7. The van der Waals surface area contributed by atoms with E-state index in [4.69, 9.17) is 0 Å². The van der Waals surface area contributed by atoms with Gasteiger partial charge in [-0.05, 0) is 50.7 Å². The summed E-state index contributed by atoms with van der Waals surface area (Å²) in [5.74, 6) is 0.774. The molecule has 2 fully saturated rings. The number of hydrogen-bond donors (Lipinski definition) is 0. The topological polar surface area (TPSA) is 25.2 Å². The molecule has 0 bridgehead atoms. The molecule has 4 rings (SSSR count). The first-order chi connectivity index (χ1) is 13.1. The van der Waals surface area contributed by atoms with Crippen LogP contribution < -0.4 is 0 Å². The number of likely N-dealkylation sites (tertiary alicyclic amines) is 1. The van der Waals surface area contributed by atoms with Crippen LogP contribution in [0.5, 0.6) is 0 Å². The van der Waals surface area contributed by atoms with Gasteiger partial charge < -0.3 is 9.47 Å². The highest BCUT2D eigenvalue weighted by atomic mass is 19.1. The Balaban J connectivity index is 1.68. The number of fused-ring (bicyclic) bond motifs is 1. The Morgan fingerprint density at radius 3 is 2.70 bits per heavy atom. The van der Waals surface area contributed by atoms with Gasteiger partial charge in [-0.15, -0.1) is 0 Å². The quantitative estimate of drug-likeness (QED) is 0.708. The average molecular weight is 371 g/mol. The molecule has 1 saturated carbocycles. The smallest absolute Gasteiger partial charge is 0.225 e. The van der Waals surface area contributed by atoms with Gasteiger partial charge in [0.15, 0.2) is 0 Å². The van der Waals surface area contributed by atoms with Crippen LogP contribution in [0.15, 0.2) is 18.2 Å². The number of aryl methyl sites for hydroxylation is 2. The molecule has 1 unspecified atom stereocenters. The number of benzene rings is 1. The lowest BCUT2D eigenvalue weighted by molar-refractivity contribution is -0.136. The van der Waals surface area contributed by atoms with Gasteiger partial charge >= 0.3 is 0 Å². The SMILES string of the molecule is CCCn1c(C2CCCN(C(=O)C3CCCC3)C2)c(C)c2cccc(F)c21. The van der Waals surface area contributed by atoms with Crippen molar-refractivity contribution in [2.75, 3.05) is 13.1 Å². The van der Waals surface area contributed by atoms with Crippen LogP contribution in [0.3, 0.4) is 0 Å². The van der Waals surface area contributed by atoms with Crippen LogP contribution in [0.4, 0.5) is 4.39 Å². The number of carbonyl (C=O) groups excluding carboxylic acids is 1. The number of rotatable bonds is 4. The zero-order valence-corrected chi connectivity index (χ0v) is 16.6. The van der Waals surface area contributed by atoms with Gasteiger partial charge in [0.2, 0.25) is 5.91 Å². The first kappa shape index (κ1) is 18.5. The largest absolute Gasteiger partial charge is 0.342 e. The fraction of sp³-hybridized carbons (Fsp3) is 0.609. The molecule has 0 radical (unpaired) electrons. The second-order valence-corrected chi connectivity index (χ2v) is 8.40. The van der Waals surface area contributed by atoms with Gasteiger partial charge in [-0.25, -0.2) is 4.39 Å². The number of amides is 1. The van der Waals surface area contributed by atoms with E-state index < -0.39 is 0 Å². The molecule has 146 valence electrons. The zero-order chi connectivity index (χ0) is 19.0. The Morgan fingerprint density at radius 2 is 1.96 bits per heavy atom. The lowest BCUT2D eigenvalue weighted by Crippen LogP contribution is -2.42. The number of para-hydroxylation sites is 1. The fourth-order valence-corrected chi connectivity index (χ4v) is 5.37. The summed E-state index contributed by atoms with van der Waals surface area (Å²) in [4.78, 5) is 15.1. The fourth-order valence-electron chi connectivity index (χ4n) is 5.37. The van der Waals surface area contributed by atoms with Crippen LogP contribution in [0.1, 0.15) is 69.0 Å². The summed E-state index contributed by atoms with van der Waals surface area (Å²) < 4.78 is 16.9. The predicted octanol–water partition coefficient (Wildman–Crippen LogP) is 5.40. The van der Waals surface area contributed by atoms with Gasteiger partial charge in [-0.1, -0.05) is 31.9 Å². The van der Waals surface area contributed by atoms with Gasteiger partial charge in [-0.2, -0.15) is 0 Å². The molecule has 2 aromatic rings. The summed E-state index contributed by atoms with van der Waals surface area (Å²) in [6, 6.07) is 5.41. The van der Waals surface area contributed by atoms with Crippen molar-refractivity contribution in [3.05, 3.63) is 35.3 Å². The Hall–Kier alpha value is -1.84. The molecular weight excluding hydrogens is 339 g/mol. The monoisotopic (exact) mass is 370 g/mol. The van der Waals surface area contributed by atoms with E-state index in [1.165, 1.54) is 24.1 Å². The summed E-state index contributed by atoms with van der Waals surface area (Å²) in [7, 11) is 0. The third-order valence-electron chi connectivity index (χ3n) is 6.61. The average Bonchev–Trinajstić information content (AvgIpc) is 3.30. The molecule has 1 atom stereocenters. The lowest BCUT2D eigenvalue weighted by Gasteiger charge is -2.35. The molecular formula is C23H31FN2O. The molecule has 2 heterocycles. The molecule has 1 aliphatic carbocycles. The number of piperidine rings is 1. The zero-order valence-electron chi connectivity index (χ0n) is 16.6. The lowest BCUT2D eigenvalue weighted by atomic mass is 9.91. The van der Waals surface area contributed by atoms with Crippen LogP contribution in [-0.4, -0.2) is 28.5 Å². The number of hydrogen-bond acceptors (Lipinski definition) is 1. The van der Waals surface area contributed by atoms with E-state index >= 15 is 0 Å². The van der Waals surface area contributed by atoms with Crippen LogP contribution in [-0.2, 0) is 11.3 Å². The maximum Gasteiger partial charge on any atom is 0.225 e. The van der Waals surface area contributed by atoms with Crippen molar-refractivity contribution in [3.63, 3.8) is 0 Å². The molecule has 0 spiro atoms. The van der Waals surface area contributed by atoms with Gasteiger partial charge in [0.05, 0.1) is 5.52 Å². The minimum absolute atomic E-state index is 0.134. The molecule has 2 aliphatic rings. The Labute approximate surface area is 161 Å². The highest BCUT2D eigenvalue weighted by molar-refractivity contribution is 5.86. The first-order valence-corrected chi connectivity index (χ1v) is 10.7. The van der Waals surface area contributed by atoms with Gasteiger partial charge in [0.25, 0.3) is 0 Å². The van der Waals surface area contributed by atoms with E-state index in [1.54, 1.807) is 6.07 Å². The van der Waals surface area contributed by atoms with Crippen LogP contribution >= 0.6 is 0 Å². The standard InChI is InChI=1S/C23H31FN2O/c1-3-13-26-21(16(2)19-11-6-12-20(24)22(19)26)18-10-7-14-25(15-18)23(27)17-8-4-5-9-17/h6,11-12,17-18H,3-5,7-10,13-15H2,1-2H3. The minimum Gasteiger partial charge on any atom is -0.342 e. The van der Waals surface area contributed by atoms with E-state index in [0.717, 1.165) is 62.6 Å². The Bertz CT molecular complexity index is 835. The second kappa shape index (κ2) is 7.65. The molecule has 1 aromatic carbocycles. The number of aromatic nitrogens is 1. The van der Waals surface area contributed by atoms with Crippen molar-refractivity contribution in [2.24, 2.45) is 5.92 Å². The van der Waals surface area contributed by atoms with Crippen molar-refractivity contribution in [1.29, 1.82) is 0 Å². The molecule has 4 heteroatoms. The summed E-state index contributed by atoms with van der Waals surface area (Å²) in [5.41, 5.74) is 3.19. The normalized spacial score (nSPS) is 21.3. The molecule has 27 heavy (non-hydrogen) atoms. The van der Waals surface area contributed by atoms with Crippen molar-refractivity contribution >= 4 is 16.8 Å². The summed E-state index contributed by atoms with van der Waals surface area (Å²) in [5, 5.41) is 1.03. The molecule has 3 nitrogen and oxygen atoms in total. The van der Waals surface area contributed by atoms with E-state index in [9.17, 15) is 9.18 Å². The van der Waals surface area contributed by atoms with E-state index in [2.05, 4.69) is 23.3 Å². The van der Waals surface area contributed by atoms with Gasteiger partial charge in [0, 0.05) is 42.6 Å². The molecule has 1 saturated heterocycles. The van der Waals surface area contributed by atoms with Crippen molar-refractivity contribution in [3.8, 4) is 0 Å². The number of halogens is 1. The third-order valence-corrected chi connectivity index (χ3v) is 6.61. The van der Waals surface area contributed by atoms with E-state index in [-0.39, 0.29) is 11.7 Å². The highest BCUT2D eigenvalue weighted by Gasteiger charge is 2.33. The maximum absolute atomic E-state index is 14.7. The van der Waals surface area contributed by atoms with Crippen molar-refractivity contribution in [1.82, 2.24) is 9.47 Å². The van der Waals surface area contributed by atoms with Crippen LogP contribution in [0.25, 0.3) is 10.9 Å². The second-order valence-electron chi connectivity index (χ2n) is 8.40. The van der Waals surface area contributed by atoms with Crippen molar-refractivity contribution < 1.29 is 9.18 Å². The van der Waals surface area contributed by atoms with Crippen LogP contribution in [0, 0.1) is 18.7 Å². The maximum atomic E-state index is 14.7. The number of carbonyl (C=O) groups is 1. The molecule has 1 aromatic heterocycles. The predicted molar refractivity (Wildman–Crippen MR) is 107 cm³/mol. The number of nitrogens with zero attached hydrogens (tertiary/aromatic N) is 2. The van der Waals surface area contributed by atoms with Gasteiger partial charge in [-0.3, -0.25) is 4.79 Å².